The fourth-order valence-electron chi connectivity index (χ4n) is 2.33. The third-order valence-electron chi connectivity index (χ3n) is 3.88. The van der Waals surface area contributed by atoms with Crippen molar-refractivity contribution in [3.63, 3.8) is 0 Å². The van der Waals surface area contributed by atoms with Crippen molar-refractivity contribution < 1.29 is 26.4 Å². The summed E-state index contributed by atoms with van der Waals surface area (Å²) in [5.41, 5.74) is -0.867. The molecule has 152 valence electrons. The Morgan fingerprint density at radius 1 is 1.07 bits per heavy atom. The van der Waals surface area contributed by atoms with Crippen molar-refractivity contribution in [3.8, 4) is 0 Å². The highest BCUT2D eigenvalue weighted by atomic mass is 32.2. The summed E-state index contributed by atoms with van der Waals surface area (Å²) in [5.74, 6) is 0.116. The molecular weight excluding hydrogens is 393 g/mol. The molecule has 1 amide bonds. The SMILES string of the molecule is CC(C)CCNC(=O)c1ccc(S(=O)(=O)Nc2cccc(C(F)(F)F)c2)cc1. The molecule has 28 heavy (non-hydrogen) atoms. The van der Waals surface area contributed by atoms with Gasteiger partial charge in [0.05, 0.1) is 10.5 Å². The minimum Gasteiger partial charge on any atom is -0.352 e. The topological polar surface area (TPSA) is 75.3 Å². The van der Waals surface area contributed by atoms with Gasteiger partial charge in [0, 0.05) is 17.8 Å². The molecule has 0 atom stereocenters. The molecule has 0 aliphatic rings. The van der Waals surface area contributed by atoms with Crippen LogP contribution in [0.2, 0.25) is 0 Å². The second-order valence-corrected chi connectivity index (χ2v) is 8.33. The molecule has 0 fully saturated rings. The molecule has 2 N–H and O–H groups in total. The van der Waals surface area contributed by atoms with Crippen LogP contribution in [0.5, 0.6) is 0 Å². The summed E-state index contributed by atoms with van der Waals surface area (Å²) in [4.78, 5) is 11.9. The Morgan fingerprint density at radius 3 is 2.29 bits per heavy atom. The van der Waals surface area contributed by atoms with Gasteiger partial charge in [0.25, 0.3) is 15.9 Å². The lowest BCUT2D eigenvalue weighted by atomic mass is 10.1. The smallest absolute Gasteiger partial charge is 0.352 e. The molecule has 0 aliphatic heterocycles. The summed E-state index contributed by atoms with van der Waals surface area (Å²) in [6, 6.07) is 9.07. The van der Waals surface area contributed by atoms with Crippen LogP contribution in [0, 0.1) is 5.92 Å². The number of carbonyl (C=O) groups excluding carboxylic acids is 1. The molecule has 5 nitrogen and oxygen atoms in total. The van der Waals surface area contributed by atoms with Crippen molar-refractivity contribution in [2.24, 2.45) is 5.92 Å². The first-order valence-corrected chi connectivity index (χ1v) is 10.1. The maximum atomic E-state index is 12.8. The number of anilines is 1. The van der Waals surface area contributed by atoms with Crippen molar-refractivity contribution in [2.75, 3.05) is 11.3 Å². The summed E-state index contributed by atoms with van der Waals surface area (Å²) in [6.07, 6.45) is -3.76. The van der Waals surface area contributed by atoms with E-state index in [1.54, 1.807) is 0 Å². The van der Waals surface area contributed by atoms with Gasteiger partial charge in [-0.2, -0.15) is 13.2 Å². The Balaban J connectivity index is 2.11. The van der Waals surface area contributed by atoms with Crippen LogP contribution in [0.15, 0.2) is 53.4 Å². The number of amides is 1. The van der Waals surface area contributed by atoms with Crippen LogP contribution in [0.25, 0.3) is 0 Å². The van der Waals surface area contributed by atoms with Gasteiger partial charge >= 0.3 is 6.18 Å². The van der Waals surface area contributed by atoms with Gasteiger partial charge in [0.1, 0.15) is 0 Å². The third-order valence-corrected chi connectivity index (χ3v) is 5.27. The highest BCUT2D eigenvalue weighted by Gasteiger charge is 2.30. The molecule has 0 radical (unpaired) electrons. The molecule has 0 aliphatic carbocycles. The lowest BCUT2D eigenvalue weighted by Crippen LogP contribution is -2.25. The minimum atomic E-state index is -4.58. The van der Waals surface area contributed by atoms with Gasteiger partial charge in [0.15, 0.2) is 0 Å². The van der Waals surface area contributed by atoms with Crippen molar-refractivity contribution >= 4 is 21.6 Å². The Morgan fingerprint density at radius 2 is 1.71 bits per heavy atom. The van der Waals surface area contributed by atoms with Crippen LogP contribution >= 0.6 is 0 Å². The van der Waals surface area contributed by atoms with Gasteiger partial charge < -0.3 is 5.32 Å². The van der Waals surface area contributed by atoms with Gasteiger partial charge in [-0.1, -0.05) is 19.9 Å². The standard InChI is InChI=1S/C19H21F3N2O3S/c1-13(2)10-11-23-18(25)14-6-8-17(9-7-14)28(26,27)24-16-5-3-4-15(12-16)19(20,21)22/h3-9,12-13,24H,10-11H2,1-2H3,(H,23,25). The third kappa shape index (κ3) is 5.98. The highest BCUT2D eigenvalue weighted by molar-refractivity contribution is 7.92. The van der Waals surface area contributed by atoms with Gasteiger partial charge in [-0.05, 0) is 54.8 Å². The molecule has 2 rings (SSSR count). The molecular formula is C19H21F3N2O3S. The van der Waals surface area contributed by atoms with Crippen LogP contribution in [0.3, 0.4) is 0 Å². The molecule has 0 spiro atoms. The van der Waals surface area contributed by atoms with Crippen LogP contribution in [0.1, 0.15) is 36.2 Å². The molecule has 2 aromatic carbocycles. The number of hydrogen-bond donors (Lipinski definition) is 2. The lowest BCUT2D eigenvalue weighted by Gasteiger charge is -2.12. The summed E-state index contributed by atoms with van der Waals surface area (Å²) in [6.45, 7) is 4.57. The average molecular weight is 414 g/mol. The predicted molar refractivity (Wildman–Crippen MR) is 100 cm³/mol. The highest BCUT2D eigenvalue weighted by Crippen LogP contribution is 2.31. The maximum Gasteiger partial charge on any atom is 0.416 e. The van der Waals surface area contributed by atoms with E-state index in [1.165, 1.54) is 30.3 Å². The van der Waals surface area contributed by atoms with E-state index in [2.05, 4.69) is 10.0 Å². The predicted octanol–water partition coefficient (Wildman–Crippen LogP) is 4.28. The zero-order chi connectivity index (χ0) is 20.9. The minimum absolute atomic E-state index is 0.163. The zero-order valence-electron chi connectivity index (χ0n) is 15.4. The van der Waals surface area contributed by atoms with Gasteiger partial charge in [-0.25, -0.2) is 8.42 Å². The van der Waals surface area contributed by atoms with Crippen molar-refractivity contribution in [1.82, 2.24) is 5.32 Å². The summed E-state index contributed by atoms with van der Waals surface area (Å²) >= 11 is 0. The first-order valence-electron chi connectivity index (χ1n) is 8.57. The van der Waals surface area contributed by atoms with E-state index in [4.69, 9.17) is 0 Å². The Hall–Kier alpha value is -2.55. The van der Waals surface area contributed by atoms with Crippen LogP contribution in [-0.2, 0) is 16.2 Å². The summed E-state index contributed by atoms with van der Waals surface area (Å²) in [5, 5.41) is 2.74. The molecule has 0 saturated carbocycles. The van der Waals surface area contributed by atoms with E-state index < -0.39 is 21.8 Å². The normalized spacial score (nSPS) is 12.1. The Bertz CT molecular complexity index is 924. The molecule has 9 heteroatoms. The van der Waals surface area contributed by atoms with E-state index in [0.717, 1.165) is 18.6 Å². The molecule has 0 aromatic heterocycles. The van der Waals surface area contributed by atoms with Gasteiger partial charge in [0.2, 0.25) is 0 Å². The second-order valence-electron chi connectivity index (χ2n) is 6.65. The zero-order valence-corrected chi connectivity index (χ0v) is 16.2. The van der Waals surface area contributed by atoms with E-state index in [1.807, 2.05) is 13.8 Å². The summed E-state index contributed by atoms with van der Waals surface area (Å²) in [7, 11) is -4.10. The number of carbonyl (C=O) groups is 1. The number of rotatable bonds is 7. The molecule has 2 aromatic rings. The lowest BCUT2D eigenvalue weighted by molar-refractivity contribution is -0.137. The fraction of sp³-hybridized carbons (Fsp3) is 0.316. The average Bonchev–Trinajstić information content (AvgIpc) is 2.60. The van der Waals surface area contributed by atoms with Crippen LogP contribution < -0.4 is 10.0 Å². The number of hydrogen-bond acceptors (Lipinski definition) is 3. The van der Waals surface area contributed by atoms with E-state index in [0.29, 0.717) is 24.1 Å². The van der Waals surface area contributed by atoms with Crippen LogP contribution in [-0.4, -0.2) is 20.9 Å². The molecule has 0 saturated heterocycles. The Kier molecular flexibility index (Phi) is 6.71. The number of benzene rings is 2. The molecule has 0 unspecified atom stereocenters. The first kappa shape index (κ1) is 21.7. The number of sulfonamides is 1. The van der Waals surface area contributed by atoms with Gasteiger partial charge in [-0.15, -0.1) is 0 Å². The molecule has 0 heterocycles. The van der Waals surface area contributed by atoms with Crippen molar-refractivity contribution in [1.29, 1.82) is 0 Å². The molecule has 0 bridgehead atoms. The fourth-order valence-corrected chi connectivity index (χ4v) is 3.38. The Labute approximate surface area is 162 Å². The maximum absolute atomic E-state index is 12.8. The quantitative estimate of drug-likeness (QED) is 0.710. The van der Waals surface area contributed by atoms with Crippen molar-refractivity contribution in [2.45, 2.75) is 31.3 Å². The van der Waals surface area contributed by atoms with E-state index in [9.17, 15) is 26.4 Å². The van der Waals surface area contributed by atoms with Crippen LogP contribution in [0.4, 0.5) is 18.9 Å². The van der Waals surface area contributed by atoms with E-state index in [-0.39, 0.29) is 16.5 Å². The number of nitrogens with one attached hydrogen (secondary N) is 2. The summed E-state index contributed by atoms with van der Waals surface area (Å²) < 4.78 is 65.2. The van der Waals surface area contributed by atoms with Gasteiger partial charge in [-0.3, -0.25) is 9.52 Å². The monoisotopic (exact) mass is 414 g/mol. The largest absolute Gasteiger partial charge is 0.416 e. The first-order chi connectivity index (χ1) is 13.0. The number of halogens is 3. The van der Waals surface area contributed by atoms with Crippen molar-refractivity contribution in [3.05, 3.63) is 59.7 Å². The van der Waals surface area contributed by atoms with E-state index >= 15 is 0 Å². The second kappa shape index (κ2) is 8.64. The number of alkyl halides is 3.